The molecule has 0 atom stereocenters. The Morgan fingerprint density at radius 1 is 1.15 bits per heavy atom. The Hall–Kier alpha value is -1.99. The predicted molar refractivity (Wildman–Crippen MR) is 82.4 cm³/mol. The molecule has 0 aliphatic carbocycles. The molecule has 20 heavy (non-hydrogen) atoms. The summed E-state index contributed by atoms with van der Waals surface area (Å²) in [7, 11) is 0. The van der Waals surface area contributed by atoms with E-state index in [1.807, 2.05) is 42.5 Å². The number of nitrogens with zero attached hydrogens (tertiary/aromatic N) is 2. The van der Waals surface area contributed by atoms with E-state index in [2.05, 4.69) is 26.9 Å². The van der Waals surface area contributed by atoms with Crippen LogP contribution in [0.1, 0.15) is 12.0 Å². The monoisotopic (exact) mass is 328 g/mol. The van der Waals surface area contributed by atoms with Gasteiger partial charge in [0, 0.05) is 11.0 Å². The number of halogens is 1. The zero-order chi connectivity index (χ0) is 13.9. The second kappa shape index (κ2) is 5.56. The van der Waals surface area contributed by atoms with Crippen molar-refractivity contribution >= 4 is 27.3 Å². The van der Waals surface area contributed by atoms with Gasteiger partial charge in [0.25, 0.3) is 0 Å². The van der Waals surface area contributed by atoms with Crippen LogP contribution in [0.25, 0.3) is 0 Å². The summed E-state index contributed by atoms with van der Waals surface area (Å²) in [6, 6.07) is 16.0. The number of ether oxygens (including phenoxy) is 1. The highest BCUT2D eigenvalue weighted by molar-refractivity contribution is 9.10. The molecule has 0 unspecified atom stereocenters. The van der Waals surface area contributed by atoms with Crippen LogP contribution in [0.3, 0.4) is 0 Å². The molecule has 1 aliphatic heterocycles. The van der Waals surface area contributed by atoms with Crippen LogP contribution >= 0.6 is 15.9 Å². The largest absolute Gasteiger partial charge is 0.491 e. The molecule has 2 aromatic rings. The summed E-state index contributed by atoms with van der Waals surface area (Å²) in [6.45, 7) is 1.54. The van der Waals surface area contributed by atoms with Crippen molar-refractivity contribution in [2.45, 2.75) is 6.42 Å². The first-order chi connectivity index (χ1) is 9.79. The van der Waals surface area contributed by atoms with Crippen molar-refractivity contribution in [2.75, 3.05) is 18.1 Å². The molecule has 0 saturated carbocycles. The number of hydrogen-bond acceptors (Lipinski definition) is 3. The molecule has 0 radical (unpaired) electrons. The van der Waals surface area contributed by atoms with Crippen LogP contribution in [0, 0.1) is 11.3 Å². The fourth-order valence-corrected chi connectivity index (χ4v) is 2.77. The molecule has 0 spiro atoms. The molecule has 0 N–H and O–H groups in total. The lowest BCUT2D eigenvalue weighted by molar-refractivity contribution is 0.322. The second-order valence-corrected chi connectivity index (χ2v) is 5.51. The van der Waals surface area contributed by atoms with E-state index in [1.165, 1.54) is 0 Å². The van der Waals surface area contributed by atoms with Gasteiger partial charge in [0.1, 0.15) is 11.8 Å². The standard InChI is InChI=1S/C16H13BrN2O/c17-13-6-7-14(12(10-13)11-18)19-8-3-9-20-16-5-2-1-4-15(16)19/h1-2,4-7,10H,3,8-9H2. The van der Waals surface area contributed by atoms with Gasteiger partial charge in [-0.15, -0.1) is 0 Å². The average molecular weight is 329 g/mol. The zero-order valence-electron chi connectivity index (χ0n) is 10.8. The maximum atomic E-state index is 9.36. The van der Waals surface area contributed by atoms with Crippen LogP contribution in [0.2, 0.25) is 0 Å². The maximum absolute atomic E-state index is 9.36. The Morgan fingerprint density at radius 3 is 2.85 bits per heavy atom. The lowest BCUT2D eigenvalue weighted by Crippen LogP contribution is -2.18. The first-order valence-electron chi connectivity index (χ1n) is 6.48. The molecule has 3 rings (SSSR count). The van der Waals surface area contributed by atoms with Gasteiger partial charge in [0.2, 0.25) is 0 Å². The molecule has 0 amide bonds. The van der Waals surface area contributed by atoms with Crippen LogP contribution in [0.15, 0.2) is 46.9 Å². The quantitative estimate of drug-likeness (QED) is 0.785. The Morgan fingerprint density at radius 2 is 2.00 bits per heavy atom. The maximum Gasteiger partial charge on any atom is 0.142 e. The Kier molecular flexibility index (Phi) is 3.62. The van der Waals surface area contributed by atoms with E-state index in [0.717, 1.165) is 34.6 Å². The Balaban J connectivity index is 2.13. The van der Waals surface area contributed by atoms with Crippen LogP contribution in [-0.4, -0.2) is 13.2 Å². The van der Waals surface area contributed by atoms with E-state index in [4.69, 9.17) is 4.74 Å². The third kappa shape index (κ3) is 2.37. The second-order valence-electron chi connectivity index (χ2n) is 4.59. The number of fused-ring (bicyclic) bond motifs is 1. The highest BCUT2D eigenvalue weighted by Crippen LogP contribution is 2.37. The minimum Gasteiger partial charge on any atom is -0.491 e. The normalized spacial score (nSPS) is 13.9. The Labute approximate surface area is 126 Å². The summed E-state index contributed by atoms with van der Waals surface area (Å²) in [6.07, 6.45) is 0.926. The molecule has 0 saturated heterocycles. The number of nitriles is 1. The molecule has 100 valence electrons. The molecule has 1 aliphatic rings. The first kappa shape index (κ1) is 13.0. The fourth-order valence-electron chi connectivity index (χ4n) is 2.41. The fraction of sp³-hybridized carbons (Fsp3) is 0.188. The van der Waals surface area contributed by atoms with Gasteiger partial charge in [-0.3, -0.25) is 0 Å². The van der Waals surface area contributed by atoms with Gasteiger partial charge in [-0.25, -0.2) is 0 Å². The summed E-state index contributed by atoms with van der Waals surface area (Å²) in [5.74, 6) is 0.872. The van der Waals surface area contributed by atoms with Crippen LogP contribution in [0.4, 0.5) is 11.4 Å². The average Bonchev–Trinajstić information content (AvgIpc) is 2.69. The van der Waals surface area contributed by atoms with Crippen molar-refractivity contribution in [2.24, 2.45) is 0 Å². The van der Waals surface area contributed by atoms with Crippen molar-refractivity contribution in [3.05, 3.63) is 52.5 Å². The summed E-state index contributed by atoms with van der Waals surface area (Å²) >= 11 is 3.41. The number of para-hydroxylation sites is 2. The van der Waals surface area contributed by atoms with Crippen molar-refractivity contribution < 1.29 is 4.74 Å². The third-order valence-corrected chi connectivity index (χ3v) is 3.80. The minimum atomic E-state index is 0.663. The van der Waals surface area contributed by atoms with Gasteiger partial charge in [-0.1, -0.05) is 28.1 Å². The van der Waals surface area contributed by atoms with Crippen LogP contribution in [0.5, 0.6) is 5.75 Å². The Bertz CT molecular complexity index is 678. The zero-order valence-corrected chi connectivity index (χ0v) is 12.4. The molecule has 2 aromatic carbocycles. The van der Waals surface area contributed by atoms with E-state index < -0.39 is 0 Å². The highest BCUT2D eigenvalue weighted by Gasteiger charge is 2.19. The van der Waals surface area contributed by atoms with Gasteiger partial charge in [0.05, 0.1) is 23.5 Å². The van der Waals surface area contributed by atoms with Gasteiger partial charge in [-0.2, -0.15) is 5.26 Å². The first-order valence-corrected chi connectivity index (χ1v) is 7.28. The molecule has 0 fully saturated rings. The molecule has 3 nitrogen and oxygen atoms in total. The molecular formula is C16H13BrN2O. The molecule has 0 bridgehead atoms. The van der Waals surface area contributed by atoms with Crippen LogP contribution in [-0.2, 0) is 0 Å². The molecule has 4 heteroatoms. The highest BCUT2D eigenvalue weighted by atomic mass is 79.9. The lowest BCUT2D eigenvalue weighted by atomic mass is 10.1. The van der Waals surface area contributed by atoms with E-state index in [1.54, 1.807) is 0 Å². The molecule has 0 aromatic heterocycles. The van der Waals surface area contributed by atoms with Gasteiger partial charge in [0.15, 0.2) is 0 Å². The minimum absolute atomic E-state index is 0.663. The van der Waals surface area contributed by atoms with Gasteiger partial charge >= 0.3 is 0 Å². The summed E-state index contributed by atoms with van der Waals surface area (Å²) in [5.41, 5.74) is 2.61. The van der Waals surface area contributed by atoms with E-state index in [9.17, 15) is 5.26 Å². The van der Waals surface area contributed by atoms with E-state index >= 15 is 0 Å². The number of benzene rings is 2. The smallest absolute Gasteiger partial charge is 0.142 e. The third-order valence-electron chi connectivity index (χ3n) is 3.31. The molecular weight excluding hydrogens is 316 g/mol. The van der Waals surface area contributed by atoms with Crippen molar-refractivity contribution in [1.82, 2.24) is 0 Å². The predicted octanol–water partition coefficient (Wildman–Crippen LogP) is 4.24. The summed E-state index contributed by atoms with van der Waals surface area (Å²) in [5, 5.41) is 9.36. The SMILES string of the molecule is N#Cc1cc(Br)ccc1N1CCCOc2ccccc21. The molecule has 1 heterocycles. The van der Waals surface area contributed by atoms with Gasteiger partial charge in [-0.05, 0) is 36.8 Å². The number of anilines is 2. The van der Waals surface area contributed by atoms with Crippen molar-refractivity contribution in [1.29, 1.82) is 5.26 Å². The van der Waals surface area contributed by atoms with E-state index in [-0.39, 0.29) is 0 Å². The summed E-state index contributed by atoms with van der Waals surface area (Å²) < 4.78 is 6.68. The van der Waals surface area contributed by atoms with Crippen LogP contribution < -0.4 is 9.64 Å². The lowest BCUT2D eigenvalue weighted by Gasteiger charge is -2.24. The summed E-state index contributed by atoms with van der Waals surface area (Å²) in [4.78, 5) is 2.16. The van der Waals surface area contributed by atoms with Crippen molar-refractivity contribution in [3.63, 3.8) is 0 Å². The number of rotatable bonds is 1. The van der Waals surface area contributed by atoms with Gasteiger partial charge < -0.3 is 9.64 Å². The number of hydrogen-bond donors (Lipinski definition) is 0. The van der Waals surface area contributed by atoms with Crippen molar-refractivity contribution in [3.8, 4) is 11.8 Å². The topological polar surface area (TPSA) is 36.3 Å². The van der Waals surface area contributed by atoms with E-state index in [0.29, 0.717) is 12.2 Å².